The lowest BCUT2D eigenvalue weighted by Gasteiger charge is -2.20. The summed E-state index contributed by atoms with van der Waals surface area (Å²) in [7, 11) is 0. The minimum atomic E-state index is -0.691. The first kappa shape index (κ1) is 26.6. The van der Waals surface area contributed by atoms with E-state index in [2.05, 4.69) is 20.9 Å². The smallest absolute Gasteiger partial charge is 0.242 e. The molecule has 4 N–H and O–H groups in total. The highest BCUT2D eigenvalue weighted by atomic mass is 127. The number of nitrogens with one attached hydrogen (secondary N) is 3. The standard InChI is InChI=1S/C20H34N4O3.HI/c1-6-21-19(23-13-18(26)24-20(3,4)5)22-12-17(25)14-27-15(2)16-10-8-7-9-11-16;/h7-11,15,17,25H,6,12-14H2,1-5H3,(H,24,26)(H2,21,22,23);1H. The summed E-state index contributed by atoms with van der Waals surface area (Å²) in [4.78, 5) is 16.1. The summed E-state index contributed by atoms with van der Waals surface area (Å²) < 4.78 is 5.72. The molecule has 0 fully saturated rings. The third kappa shape index (κ3) is 12.1. The molecule has 160 valence electrons. The summed E-state index contributed by atoms with van der Waals surface area (Å²) in [6, 6.07) is 9.87. The van der Waals surface area contributed by atoms with Gasteiger partial charge in [0, 0.05) is 18.6 Å². The van der Waals surface area contributed by atoms with Crippen LogP contribution in [-0.2, 0) is 9.53 Å². The molecule has 1 amide bonds. The molecule has 0 bridgehead atoms. The summed E-state index contributed by atoms with van der Waals surface area (Å²) in [6.07, 6.45) is -0.785. The molecule has 0 aliphatic heterocycles. The number of halogens is 1. The Bertz CT molecular complexity index is 591. The van der Waals surface area contributed by atoms with E-state index in [0.717, 1.165) is 5.56 Å². The van der Waals surface area contributed by atoms with E-state index in [-0.39, 0.29) is 61.2 Å². The van der Waals surface area contributed by atoms with Crippen LogP contribution in [0.5, 0.6) is 0 Å². The van der Waals surface area contributed by atoms with Crippen molar-refractivity contribution in [2.45, 2.75) is 52.4 Å². The molecule has 7 nitrogen and oxygen atoms in total. The fourth-order valence-corrected chi connectivity index (χ4v) is 2.30. The number of aliphatic hydroxyl groups is 1. The zero-order valence-corrected chi connectivity index (χ0v) is 19.8. The van der Waals surface area contributed by atoms with Gasteiger partial charge < -0.3 is 25.8 Å². The van der Waals surface area contributed by atoms with Gasteiger partial charge in [-0.1, -0.05) is 30.3 Å². The molecule has 1 aromatic carbocycles. The number of hydrogen-bond acceptors (Lipinski definition) is 4. The Balaban J connectivity index is 0.00000729. The van der Waals surface area contributed by atoms with Crippen LogP contribution in [0.25, 0.3) is 0 Å². The molecule has 0 saturated carbocycles. The van der Waals surface area contributed by atoms with Crippen LogP contribution in [0.15, 0.2) is 35.3 Å². The number of benzene rings is 1. The van der Waals surface area contributed by atoms with E-state index in [1.165, 1.54) is 0 Å². The number of guanidine groups is 1. The average Bonchev–Trinajstić information content (AvgIpc) is 2.61. The number of amides is 1. The number of carbonyl (C=O) groups is 1. The Morgan fingerprint density at radius 3 is 2.43 bits per heavy atom. The molecule has 8 heteroatoms. The van der Waals surface area contributed by atoms with Crippen LogP contribution in [0, 0.1) is 0 Å². The van der Waals surface area contributed by atoms with E-state index < -0.39 is 6.10 Å². The number of aliphatic hydroxyl groups excluding tert-OH is 1. The van der Waals surface area contributed by atoms with Crippen LogP contribution in [0.3, 0.4) is 0 Å². The maximum Gasteiger partial charge on any atom is 0.242 e. The molecule has 2 atom stereocenters. The molecular formula is C20H35IN4O3. The van der Waals surface area contributed by atoms with Crippen LogP contribution in [0.2, 0.25) is 0 Å². The first-order chi connectivity index (χ1) is 12.7. The number of rotatable bonds is 9. The zero-order chi connectivity index (χ0) is 20.3. The molecule has 0 aliphatic rings. The molecule has 1 aromatic rings. The van der Waals surface area contributed by atoms with E-state index in [1.807, 2.05) is 65.0 Å². The fraction of sp³-hybridized carbons (Fsp3) is 0.600. The van der Waals surface area contributed by atoms with Gasteiger partial charge in [-0.3, -0.25) is 4.79 Å². The van der Waals surface area contributed by atoms with Gasteiger partial charge in [0.1, 0.15) is 6.54 Å². The van der Waals surface area contributed by atoms with Crippen LogP contribution >= 0.6 is 24.0 Å². The summed E-state index contributed by atoms with van der Waals surface area (Å²) in [5.74, 6) is 0.331. The Morgan fingerprint density at radius 1 is 1.21 bits per heavy atom. The Morgan fingerprint density at radius 2 is 1.86 bits per heavy atom. The number of hydrogen-bond donors (Lipinski definition) is 4. The molecule has 0 radical (unpaired) electrons. The second-order valence-electron chi connectivity index (χ2n) is 7.41. The van der Waals surface area contributed by atoms with Crippen molar-refractivity contribution in [2.75, 3.05) is 26.2 Å². The van der Waals surface area contributed by atoms with Crippen molar-refractivity contribution in [1.82, 2.24) is 16.0 Å². The van der Waals surface area contributed by atoms with Crippen LogP contribution < -0.4 is 16.0 Å². The summed E-state index contributed by atoms with van der Waals surface area (Å²) >= 11 is 0. The molecule has 1 rings (SSSR count). The van der Waals surface area contributed by atoms with Crippen molar-refractivity contribution in [1.29, 1.82) is 0 Å². The Kier molecular flexibility index (Phi) is 13.0. The number of carbonyl (C=O) groups excluding carboxylic acids is 1. The van der Waals surface area contributed by atoms with Gasteiger partial charge in [-0.15, -0.1) is 24.0 Å². The average molecular weight is 506 g/mol. The van der Waals surface area contributed by atoms with Crippen molar-refractivity contribution >= 4 is 35.8 Å². The SMILES string of the molecule is CCNC(=NCC(=O)NC(C)(C)C)NCC(O)COC(C)c1ccccc1.I. The molecular weight excluding hydrogens is 471 g/mol. The van der Waals surface area contributed by atoms with Gasteiger partial charge in [-0.05, 0) is 40.2 Å². The van der Waals surface area contributed by atoms with Crippen molar-refractivity contribution in [2.24, 2.45) is 4.99 Å². The van der Waals surface area contributed by atoms with Crippen molar-refractivity contribution in [3.8, 4) is 0 Å². The van der Waals surface area contributed by atoms with E-state index in [4.69, 9.17) is 4.74 Å². The molecule has 0 aliphatic carbocycles. The molecule has 0 saturated heterocycles. The highest BCUT2D eigenvalue weighted by Crippen LogP contribution is 2.15. The third-order valence-electron chi connectivity index (χ3n) is 3.55. The summed E-state index contributed by atoms with van der Waals surface area (Å²) in [6.45, 7) is 10.8. The minimum Gasteiger partial charge on any atom is -0.389 e. The predicted molar refractivity (Wildman–Crippen MR) is 124 cm³/mol. The molecule has 0 heterocycles. The molecule has 28 heavy (non-hydrogen) atoms. The number of ether oxygens (including phenoxy) is 1. The van der Waals surface area contributed by atoms with Crippen molar-refractivity contribution in [3.05, 3.63) is 35.9 Å². The van der Waals surface area contributed by atoms with Gasteiger partial charge in [0.2, 0.25) is 5.91 Å². The molecule has 2 unspecified atom stereocenters. The second kappa shape index (κ2) is 13.7. The normalized spacial score (nSPS) is 13.9. The van der Waals surface area contributed by atoms with E-state index in [9.17, 15) is 9.90 Å². The lowest BCUT2D eigenvalue weighted by atomic mass is 10.1. The van der Waals surface area contributed by atoms with Crippen molar-refractivity contribution in [3.63, 3.8) is 0 Å². The second-order valence-corrected chi connectivity index (χ2v) is 7.41. The highest BCUT2D eigenvalue weighted by Gasteiger charge is 2.14. The quantitative estimate of drug-likeness (QED) is 0.234. The monoisotopic (exact) mass is 506 g/mol. The van der Waals surface area contributed by atoms with Gasteiger partial charge in [-0.25, -0.2) is 4.99 Å². The van der Waals surface area contributed by atoms with Gasteiger partial charge in [-0.2, -0.15) is 0 Å². The first-order valence-electron chi connectivity index (χ1n) is 9.39. The van der Waals surface area contributed by atoms with E-state index in [1.54, 1.807) is 0 Å². The van der Waals surface area contributed by atoms with Gasteiger partial charge in [0.15, 0.2) is 5.96 Å². The van der Waals surface area contributed by atoms with Crippen LogP contribution in [0.1, 0.15) is 46.3 Å². The fourth-order valence-electron chi connectivity index (χ4n) is 2.30. The lowest BCUT2D eigenvalue weighted by Crippen LogP contribution is -2.44. The number of aliphatic imine (C=N–C) groups is 1. The van der Waals surface area contributed by atoms with E-state index >= 15 is 0 Å². The minimum absolute atomic E-state index is 0. The largest absolute Gasteiger partial charge is 0.389 e. The maximum atomic E-state index is 11.9. The lowest BCUT2D eigenvalue weighted by molar-refractivity contribution is -0.121. The maximum absolute atomic E-state index is 11.9. The van der Waals surface area contributed by atoms with Gasteiger partial charge in [0.25, 0.3) is 0 Å². The summed E-state index contributed by atoms with van der Waals surface area (Å²) in [5, 5.41) is 19.1. The van der Waals surface area contributed by atoms with Crippen molar-refractivity contribution < 1.29 is 14.6 Å². The van der Waals surface area contributed by atoms with Gasteiger partial charge >= 0.3 is 0 Å². The topological polar surface area (TPSA) is 95.0 Å². The third-order valence-corrected chi connectivity index (χ3v) is 3.55. The molecule has 0 spiro atoms. The zero-order valence-electron chi connectivity index (χ0n) is 17.5. The highest BCUT2D eigenvalue weighted by molar-refractivity contribution is 14.0. The predicted octanol–water partition coefficient (Wildman–Crippen LogP) is 2.21. The first-order valence-corrected chi connectivity index (χ1v) is 9.39. The Labute approximate surface area is 185 Å². The van der Waals surface area contributed by atoms with Gasteiger partial charge in [0.05, 0.1) is 18.8 Å². The van der Waals surface area contributed by atoms with Crippen LogP contribution in [-0.4, -0.2) is 54.9 Å². The van der Waals surface area contributed by atoms with Crippen LogP contribution in [0.4, 0.5) is 0 Å². The summed E-state index contributed by atoms with van der Waals surface area (Å²) in [5.41, 5.74) is 0.777. The number of nitrogens with zero attached hydrogens (tertiary/aromatic N) is 1. The molecule has 0 aromatic heterocycles. The Hall–Kier alpha value is -1.39. The van der Waals surface area contributed by atoms with E-state index in [0.29, 0.717) is 12.5 Å².